The van der Waals surface area contributed by atoms with Crippen LogP contribution in [0.25, 0.3) is 0 Å². The lowest BCUT2D eigenvalue weighted by Crippen LogP contribution is -2.44. The first-order chi connectivity index (χ1) is 13.2. The van der Waals surface area contributed by atoms with Crippen molar-refractivity contribution < 1.29 is 28.6 Å². The SMILES string of the molecule is CC(C)C[C@H](N[C@@H](C(=O)Nc1ccccc1O)c1ccc(F)cc1F)C(=O)O. The van der Waals surface area contributed by atoms with Crippen molar-refractivity contribution >= 4 is 17.6 Å². The van der Waals surface area contributed by atoms with E-state index in [0.29, 0.717) is 6.07 Å². The highest BCUT2D eigenvalue weighted by Gasteiger charge is 2.30. The highest BCUT2D eigenvalue weighted by Crippen LogP contribution is 2.26. The highest BCUT2D eigenvalue weighted by molar-refractivity contribution is 5.97. The van der Waals surface area contributed by atoms with E-state index in [1.54, 1.807) is 12.1 Å². The molecule has 4 N–H and O–H groups in total. The fourth-order valence-electron chi connectivity index (χ4n) is 2.74. The topological polar surface area (TPSA) is 98.7 Å². The minimum Gasteiger partial charge on any atom is -0.506 e. The van der Waals surface area contributed by atoms with Gasteiger partial charge < -0.3 is 15.5 Å². The smallest absolute Gasteiger partial charge is 0.320 e. The third-order valence-corrected chi connectivity index (χ3v) is 4.07. The third kappa shape index (κ3) is 5.50. The second-order valence-electron chi connectivity index (χ2n) is 6.79. The summed E-state index contributed by atoms with van der Waals surface area (Å²) in [6.07, 6.45) is 0.193. The molecule has 0 saturated carbocycles. The molecule has 0 bridgehead atoms. The number of benzene rings is 2. The number of aromatic hydroxyl groups is 1. The standard InChI is InChI=1S/C20H22F2N2O4/c1-11(2)9-16(20(27)28)23-18(13-8-7-12(21)10-14(13)22)19(26)24-15-5-3-4-6-17(15)25/h3-8,10-11,16,18,23,25H,9H2,1-2H3,(H,24,26)(H,27,28)/t16-,18+/m0/s1. The number of rotatable bonds is 8. The average Bonchev–Trinajstić information content (AvgIpc) is 2.60. The molecule has 0 heterocycles. The fraction of sp³-hybridized carbons (Fsp3) is 0.300. The van der Waals surface area contributed by atoms with E-state index in [1.165, 1.54) is 12.1 Å². The minimum absolute atomic E-state index is 0.00598. The molecule has 2 atom stereocenters. The molecule has 8 heteroatoms. The van der Waals surface area contributed by atoms with Gasteiger partial charge in [0.25, 0.3) is 0 Å². The van der Waals surface area contributed by atoms with Crippen LogP contribution < -0.4 is 10.6 Å². The van der Waals surface area contributed by atoms with Crippen LogP contribution in [0, 0.1) is 17.6 Å². The Balaban J connectivity index is 2.38. The number of para-hydroxylation sites is 2. The number of aliphatic carboxylic acids is 1. The minimum atomic E-state index is -1.42. The number of carboxylic acids is 1. The Hall–Kier alpha value is -3.00. The molecule has 0 aliphatic carbocycles. The van der Waals surface area contributed by atoms with Crippen LogP contribution in [-0.4, -0.2) is 28.1 Å². The average molecular weight is 392 g/mol. The zero-order valence-corrected chi connectivity index (χ0v) is 15.4. The van der Waals surface area contributed by atoms with Crippen LogP contribution in [0.1, 0.15) is 31.9 Å². The number of carbonyl (C=O) groups excluding carboxylic acids is 1. The van der Waals surface area contributed by atoms with Crippen LogP contribution in [0.15, 0.2) is 42.5 Å². The van der Waals surface area contributed by atoms with Gasteiger partial charge in [0, 0.05) is 11.6 Å². The zero-order chi connectivity index (χ0) is 20.8. The first kappa shape index (κ1) is 21.3. The fourth-order valence-corrected chi connectivity index (χ4v) is 2.74. The normalized spacial score (nSPS) is 13.2. The van der Waals surface area contributed by atoms with E-state index in [2.05, 4.69) is 10.6 Å². The lowest BCUT2D eigenvalue weighted by atomic mass is 9.99. The van der Waals surface area contributed by atoms with Crippen molar-refractivity contribution in [2.75, 3.05) is 5.32 Å². The monoisotopic (exact) mass is 392 g/mol. The number of carboxylic acid groups (broad SMARTS) is 1. The van der Waals surface area contributed by atoms with Gasteiger partial charge in [0.2, 0.25) is 5.91 Å². The van der Waals surface area contributed by atoms with Crippen LogP contribution >= 0.6 is 0 Å². The molecule has 0 radical (unpaired) electrons. The lowest BCUT2D eigenvalue weighted by Gasteiger charge is -2.24. The van der Waals surface area contributed by atoms with Gasteiger partial charge in [0.05, 0.1) is 5.69 Å². The van der Waals surface area contributed by atoms with Crippen molar-refractivity contribution in [3.63, 3.8) is 0 Å². The number of phenols is 1. The lowest BCUT2D eigenvalue weighted by molar-refractivity contribution is -0.140. The Morgan fingerprint density at radius 1 is 1.11 bits per heavy atom. The van der Waals surface area contributed by atoms with E-state index < -0.39 is 35.6 Å². The van der Waals surface area contributed by atoms with Gasteiger partial charge in [-0.05, 0) is 30.5 Å². The molecule has 0 aromatic heterocycles. The molecule has 0 spiro atoms. The van der Waals surface area contributed by atoms with Gasteiger partial charge in [-0.3, -0.25) is 14.9 Å². The van der Waals surface area contributed by atoms with Gasteiger partial charge in [0.1, 0.15) is 29.5 Å². The number of anilines is 1. The van der Waals surface area contributed by atoms with Crippen molar-refractivity contribution in [1.29, 1.82) is 0 Å². The van der Waals surface area contributed by atoms with Gasteiger partial charge in [-0.1, -0.05) is 32.0 Å². The summed E-state index contributed by atoms with van der Waals surface area (Å²) in [4.78, 5) is 24.4. The highest BCUT2D eigenvalue weighted by atomic mass is 19.1. The van der Waals surface area contributed by atoms with E-state index in [9.17, 15) is 28.6 Å². The molecule has 0 saturated heterocycles. The molecule has 2 aromatic rings. The first-order valence-electron chi connectivity index (χ1n) is 8.71. The van der Waals surface area contributed by atoms with Crippen molar-refractivity contribution in [1.82, 2.24) is 5.32 Å². The van der Waals surface area contributed by atoms with Gasteiger partial charge in [-0.2, -0.15) is 0 Å². The maximum absolute atomic E-state index is 14.3. The number of nitrogens with one attached hydrogen (secondary N) is 2. The van der Waals surface area contributed by atoms with Crippen molar-refractivity contribution in [2.24, 2.45) is 5.92 Å². The Labute approximate surface area is 161 Å². The Bertz CT molecular complexity index is 858. The molecule has 0 aliphatic heterocycles. The molecule has 0 aliphatic rings. The van der Waals surface area contributed by atoms with E-state index >= 15 is 0 Å². The van der Waals surface area contributed by atoms with Gasteiger partial charge in [0.15, 0.2) is 0 Å². The second-order valence-corrected chi connectivity index (χ2v) is 6.79. The summed E-state index contributed by atoms with van der Waals surface area (Å²) in [5, 5.41) is 24.4. The number of halogens is 2. The molecule has 0 fully saturated rings. The van der Waals surface area contributed by atoms with Crippen molar-refractivity contribution in [2.45, 2.75) is 32.4 Å². The summed E-state index contributed by atoms with van der Waals surface area (Å²) >= 11 is 0. The summed E-state index contributed by atoms with van der Waals surface area (Å²) in [6, 6.07) is 6.07. The summed E-state index contributed by atoms with van der Waals surface area (Å²) < 4.78 is 27.6. The van der Waals surface area contributed by atoms with Gasteiger partial charge >= 0.3 is 5.97 Å². The van der Waals surface area contributed by atoms with E-state index in [-0.39, 0.29) is 29.3 Å². The summed E-state index contributed by atoms with van der Waals surface area (Å²) in [7, 11) is 0. The number of amides is 1. The Morgan fingerprint density at radius 3 is 2.36 bits per heavy atom. The molecular formula is C20H22F2N2O4. The molecule has 6 nitrogen and oxygen atoms in total. The van der Waals surface area contributed by atoms with Crippen LogP contribution in [0.2, 0.25) is 0 Å². The molecule has 1 amide bonds. The number of phenolic OH excluding ortho intramolecular Hbond substituents is 1. The van der Waals surface area contributed by atoms with Gasteiger partial charge in [-0.15, -0.1) is 0 Å². The summed E-state index contributed by atoms with van der Waals surface area (Å²) in [5.74, 6) is -4.00. The van der Waals surface area contributed by atoms with E-state index in [0.717, 1.165) is 12.1 Å². The molecular weight excluding hydrogens is 370 g/mol. The molecule has 2 rings (SSSR count). The van der Waals surface area contributed by atoms with Crippen LogP contribution in [0.4, 0.5) is 14.5 Å². The van der Waals surface area contributed by atoms with Gasteiger partial charge in [-0.25, -0.2) is 8.78 Å². The Kier molecular flexibility index (Phi) is 7.06. The van der Waals surface area contributed by atoms with E-state index in [4.69, 9.17) is 0 Å². The first-order valence-corrected chi connectivity index (χ1v) is 8.71. The van der Waals surface area contributed by atoms with Crippen molar-refractivity contribution in [3.05, 3.63) is 59.7 Å². The second kappa shape index (κ2) is 9.27. The van der Waals surface area contributed by atoms with Crippen LogP contribution in [0.5, 0.6) is 5.75 Å². The summed E-state index contributed by atoms with van der Waals surface area (Å²) in [5.41, 5.74) is -0.123. The largest absolute Gasteiger partial charge is 0.506 e. The predicted molar refractivity (Wildman–Crippen MR) is 99.9 cm³/mol. The summed E-state index contributed by atoms with van der Waals surface area (Å²) in [6.45, 7) is 3.63. The number of carbonyl (C=O) groups is 2. The molecule has 2 aromatic carbocycles. The molecule has 28 heavy (non-hydrogen) atoms. The Morgan fingerprint density at radius 2 is 1.79 bits per heavy atom. The molecule has 0 unspecified atom stereocenters. The quantitative estimate of drug-likeness (QED) is 0.516. The zero-order valence-electron chi connectivity index (χ0n) is 15.4. The van der Waals surface area contributed by atoms with E-state index in [1.807, 2.05) is 13.8 Å². The third-order valence-electron chi connectivity index (χ3n) is 4.07. The number of hydrogen-bond donors (Lipinski definition) is 4. The van der Waals surface area contributed by atoms with Crippen LogP contribution in [-0.2, 0) is 9.59 Å². The van der Waals surface area contributed by atoms with Crippen LogP contribution in [0.3, 0.4) is 0 Å². The molecule has 150 valence electrons. The van der Waals surface area contributed by atoms with Crippen molar-refractivity contribution in [3.8, 4) is 5.75 Å². The predicted octanol–water partition coefficient (Wildman–Crippen LogP) is 3.44. The maximum atomic E-state index is 14.3. The number of hydrogen-bond acceptors (Lipinski definition) is 4. The maximum Gasteiger partial charge on any atom is 0.320 e.